The molecule has 2 aliphatic heterocycles. The third-order valence-corrected chi connectivity index (χ3v) is 7.21. The van der Waals surface area contributed by atoms with E-state index in [1.54, 1.807) is 0 Å². The van der Waals surface area contributed by atoms with Crippen molar-refractivity contribution < 1.29 is 9.59 Å². The van der Waals surface area contributed by atoms with Gasteiger partial charge in [-0.05, 0) is 29.8 Å². The molecule has 2 heterocycles. The van der Waals surface area contributed by atoms with Crippen molar-refractivity contribution in [2.24, 2.45) is 0 Å². The van der Waals surface area contributed by atoms with Crippen LogP contribution >= 0.6 is 23.4 Å². The summed E-state index contributed by atoms with van der Waals surface area (Å²) in [5.74, 6) is 1.91. The predicted molar refractivity (Wildman–Crippen MR) is 131 cm³/mol. The van der Waals surface area contributed by atoms with Crippen LogP contribution in [0.2, 0.25) is 5.02 Å². The van der Waals surface area contributed by atoms with Gasteiger partial charge in [-0.1, -0.05) is 41.9 Å². The monoisotopic (exact) mass is 472 g/mol. The van der Waals surface area contributed by atoms with Crippen LogP contribution in [0, 0.1) is 0 Å². The molecule has 4 rings (SSSR count). The van der Waals surface area contributed by atoms with Gasteiger partial charge in [0.2, 0.25) is 11.8 Å². The molecule has 170 valence electrons. The Hall–Kier alpha value is -2.22. The largest absolute Gasteiger partial charge is 0.368 e. The number of hydrogen-bond acceptors (Lipinski definition) is 5. The lowest BCUT2D eigenvalue weighted by Gasteiger charge is -2.36. The Bertz CT molecular complexity index is 898. The molecule has 2 aromatic rings. The number of anilines is 1. The zero-order valence-electron chi connectivity index (χ0n) is 18.1. The van der Waals surface area contributed by atoms with Crippen molar-refractivity contribution in [2.75, 3.05) is 62.2 Å². The molecule has 0 spiro atoms. The normalized spacial score (nSPS) is 18.3. The van der Waals surface area contributed by atoms with Crippen LogP contribution in [0.1, 0.15) is 11.6 Å². The minimum Gasteiger partial charge on any atom is -0.368 e. The lowest BCUT2D eigenvalue weighted by Crippen LogP contribution is -2.52. The summed E-state index contributed by atoms with van der Waals surface area (Å²) in [7, 11) is 0. The maximum Gasteiger partial charge on any atom is 0.242 e. The fourth-order valence-corrected chi connectivity index (χ4v) is 5.29. The molecule has 2 fully saturated rings. The van der Waals surface area contributed by atoms with Crippen molar-refractivity contribution in [3.8, 4) is 0 Å². The lowest BCUT2D eigenvalue weighted by molar-refractivity contribution is -0.134. The molecular formula is C24H29ClN4O2S. The molecule has 1 atom stereocenters. The molecule has 2 aromatic carbocycles. The van der Waals surface area contributed by atoms with Crippen LogP contribution in [-0.2, 0) is 9.59 Å². The van der Waals surface area contributed by atoms with Crippen molar-refractivity contribution in [3.63, 3.8) is 0 Å². The van der Waals surface area contributed by atoms with Crippen molar-refractivity contribution in [3.05, 3.63) is 65.2 Å². The second kappa shape index (κ2) is 11.1. The summed E-state index contributed by atoms with van der Waals surface area (Å²) in [6.45, 7) is 4.59. The topological polar surface area (TPSA) is 55.9 Å². The Morgan fingerprint density at radius 1 is 0.906 bits per heavy atom. The molecule has 0 aromatic heterocycles. The average Bonchev–Trinajstić information content (AvgIpc) is 2.85. The number of halogens is 1. The third kappa shape index (κ3) is 5.77. The Kier molecular flexibility index (Phi) is 7.95. The number of rotatable bonds is 6. The van der Waals surface area contributed by atoms with E-state index in [2.05, 4.69) is 15.1 Å². The van der Waals surface area contributed by atoms with Crippen LogP contribution in [0.3, 0.4) is 0 Å². The van der Waals surface area contributed by atoms with Gasteiger partial charge in [-0.25, -0.2) is 0 Å². The highest BCUT2D eigenvalue weighted by Crippen LogP contribution is 2.24. The first-order chi connectivity index (χ1) is 15.6. The molecule has 2 aliphatic rings. The highest BCUT2D eigenvalue weighted by molar-refractivity contribution is 7.99. The molecule has 1 N–H and O–H groups in total. The van der Waals surface area contributed by atoms with Gasteiger partial charge in [-0.15, -0.1) is 0 Å². The smallest absolute Gasteiger partial charge is 0.242 e. The second-order valence-corrected chi connectivity index (χ2v) is 9.68. The van der Waals surface area contributed by atoms with E-state index in [1.165, 1.54) is 0 Å². The number of nitrogens with zero attached hydrogens (tertiary/aromatic N) is 3. The summed E-state index contributed by atoms with van der Waals surface area (Å²) in [5.41, 5.74) is 2.08. The number of piperazine rings is 1. The molecule has 0 aliphatic carbocycles. The first-order valence-corrected chi connectivity index (χ1v) is 12.6. The molecule has 2 saturated heterocycles. The van der Waals surface area contributed by atoms with Crippen LogP contribution in [0.5, 0.6) is 0 Å². The van der Waals surface area contributed by atoms with E-state index in [4.69, 9.17) is 11.6 Å². The van der Waals surface area contributed by atoms with Crippen molar-refractivity contribution in [2.45, 2.75) is 6.04 Å². The highest BCUT2D eigenvalue weighted by atomic mass is 35.5. The van der Waals surface area contributed by atoms with Crippen LogP contribution in [0.4, 0.5) is 5.69 Å². The molecule has 0 bridgehead atoms. The molecule has 2 amide bonds. The van der Waals surface area contributed by atoms with E-state index in [0.717, 1.165) is 54.0 Å². The maximum atomic E-state index is 13.1. The van der Waals surface area contributed by atoms with Gasteiger partial charge >= 0.3 is 0 Å². The van der Waals surface area contributed by atoms with Crippen molar-refractivity contribution in [1.82, 2.24) is 15.1 Å². The van der Waals surface area contributed by atoms with E-state index < -0.39 is 0 Å². The molecule has 0 saturated carbocycles. The Morgan fingerprint density at radius 2 is 1.56 bits per heavy atom. The summed E-state index contributed by atoms with van der Waals surface area (Å²) < 4.78 is 0. The minimum atomic E-state index is -0.355. The second-order valence-electron chi connectivity index (χ2n) is 8.02. The number of nitrogens with one attached hydrogen (secondary N) is 1. The first kappa shape index (κ1) is 23.0. The van der Waals surface area contributed by atoms with Gasteiger partial charge in [0, 0.05) is 61.5 Å². The molecule has 1 unspecified atom stereocenters. The SMILES string of the molecule is O=C(NCC(=O)N1CCN(c2ccc(Cl)cc2)CC1)C(c1ccccc1)N1CCSCC1. The fraction of sp³-hybridized carbons (Fsp3) is 0.417. The van der Waals surface area contributed by atoms with Crippen LogP contribution < -0.4 is 10.2 Å². The zero-order valence-corrected chi connectivity index (χ0v) is 19.7. The first-order valence-electron chi connectivity index (χ1n) is 11.0. The number of hydrogen-bond donors (Lipinski definition) is 1. The van der Waals surface area contributed by atoms with E-state index in [-0.39, 0.29) is 24.4 Å². The minimum absolute atomic E-state index is 0.0323. The van der Waals surface area contributed by atoms with E-state index >= 15 is 0 Å². The van der Waals surface area contributed by atoms with Crippen LogP contribution in [-0.4, -0.2) is 78.9 Å². The van der Waals surface area contributed by atoms with Gasteiger partial charge in [-0.2, -0.15) is 11.8 Å². The molecular weight excluding hydrogens is 444 g/mol. The molecule has 8 heteroatoms. The van der Waals surface area contributed by atoms with Crippen LogP contribution in [0.25, 0.3) is 0 Å². The summed E-state index contributed by atoms with van der Waals surface area (Å²) in [6, 6.07) is 17.3. The number of benzene rings is 2. The summed E-state index contributed by atoms with van der Waals surface area (Å²) in [6.07, 6.45) is 0. The van der Waals surface area contributed by atoms with Crippen molar-refractivity contribution >= 4 is 40.9 Å². The van der Waals surface area contributed by atoms with Gasteiger partial charge in [0.1, 0.15) is 6.04 Å². The molecule has 32 heavy (non-hydrogen) atoms. The Morgan fingerprint density at radius 3 is 2.22 bits per heavy atom. The highest BCUT2D eigenvalue weighted by Gasteiger charge is 2.29. The fourth-order valence-electron chi connectivity index (χ4n) is 4.24. The van der Waals surface area contributed by atoms with E-state index in [9.17, 15) is 9.59 Å². The van der Waals surface area contributed by atoms with E-state index in [1.807, 2.05) is 71.3 Å². The quantitative estimate of drug-likeness (QED) is 0.700. The Labute approximate surface area is 198 Å². The zero-order chi connectivity index (χ0) is 22.3. The molecule has 0 radical (unpaired) electrons. The van der Waals surface area contributed by atoms with Crippen LogP contribution in [0.15, 0.2) is 54.6 Å². The van der Waals surface area contributed by atoms with Gasteiger partial charge in [0.15, 0.2) is 0 Å². The number of thioether (sulfide) groups is 1. The van der Waals surface area contributed by atoms with Crippen molar-refractivity contribution in [1.29, 1.82) is 0 Å². The average molecular weight is 473 g/mol. The lowest BCUT2D eigenvalue weighted by atomic mass is 10.0. The maximum absolute atomic E-state index is 13.1. The third-order valence-electron chi connectivity index (χ3n) is 6.01. The van der Waals surface area contributed by atoms with Gasteiger partial charge in [-0.3, -0.25) is 14.5 Å². The summed E-state index contributed by atoms with van der Waals surface area (Å²) in [5, 5.41) is 3.64. The number of carbonyl (C=O) groups excluding carboxylic acids is 2. The Balaban J connectivity index is 1.31. The number of carbonyl (C=O) groups is 2. The van der Waals surface area contributed by atoms with Gasteiger partial charge in [0.25, 0.3) is 0 Å². The standard InChI is InChI=1S/C24H29ClN4O2S/c25-20-6-8-21(9-7-20)27-10-12-28(13-11-27)22(30)18-26-24(31)23(19-4-2-1-3-5-19)29-14-16-32-17-15-29/h1-9,23H,10-18H2,(H,26,31). The molecule has 6 nitrogen and oxygen atoms in total. The predicted octanol–water partition coefficient (Wildman–Crippen LogP) is 2.89. The van der Waals surface area contributed by atoms with Gasteiger partial charge < -0.3 is 15.1 Å². The van der Waals surface area contributed by atoms with Gasteiger partial charge in [0.05, 0.1) is 6.54 Å². The van der Waals surface area contributed by atoms with E-state index in [0.29, 0.717) is 13.1 Å². The summed E-state index contributed by atoms with van der Waals surface area (Å²) >= 11 is 7.89. The summed E-state index contributed by atoms with van der Waals surface area (Å²) in [4.78, 5) is 32.2. The number of amides is 2.